The van der Waals surface area contributed by atoms with E-state index in [-0.39, 0.29) is 18.9 Å². The van der Waals surface area contributed by atoms with Crippen molar-refractivity contribution in [2.75, 3.05) is 0 Å². The molecule has 0 amide bonds. The normalized spacial score (nSPS) is 5.00. The van der Waals surface area contributed by atoms with Gasteiger partial charge in [0.15, 0.2) is 0 Å². The Balaban J connectivity index is 0. The summed E-state index contributed by atoms with van der Waals surface area (Å²) in [5.41, 5.74) is -1.61. The van der Waals surface area contributed by atoms with E-state index in [0.29, 0.717) is 0 Å². The van der Waals surface area contributed by atoms with E-state index in [2.05, 4.69) is 11.6 Å². The van der Waals surface area contributed by atoms with E-state index in [1.54, 1.807) is 0 Å². The zero-order valence-corrected chi connectivity index (χ0v) is 3.45. The van der Waals surface area contributed by atoms with Gasteiger partial charge < -0.3 is 9.90 Å². The standard InChI is InChI=1S/CHClO2.Li/c2-1(3)4;/h(H,3,4);/q;+1/p-1. The summed E-state index contributed by atoms with van der Waals surface area (Å²) in [4.78, 5) is 8.65. The van der Waals surface area contributed by atoms with E-state index in [9.17, 15) is 0 Å². The molecule has 0 radical (unpaired) electrons. The molecule has 0 unspecified atom stereocenters. The van der Waals surface area contributed by atoms with Crippen LogP contribution in [-0.4, -0.2) is 5.43 Å². The monoisotopic (exact) mass is 86.0 g/mol. The second kappa shape index (κ2) is 4.36. The van der Waals surface area contributed by atoms with Gasteiger partial charge in [-0.1, -0.05) is 11.6 Å². The molecular formula is CClLiO2. The molecule has 0 saturated heterocycles. The fourth-order valence-electron chi connectivity index (χ4n) is 0. The molecule has 0 aromatic carbocycles. The van der Waals surface area contributed by atoms with Gasteiger partial charge in [-0.05, 0) is 0 Å². The number of rotatable bonds is 0. The fraction of sp³-hybridized carbons (Fsp3) is 0. The molecule has 0 bridgehead atoms. The summed E-state index contributed by atoms with van der Waals surface area (Å²) in [6, 6.07) is 0. The molecule has 24 valence electrons. The zero-order chi connectivity index (χ0) is 3.58. The molecular weight excluding hydrogens is 86.4 g/mol. The predicted octanol–water partition coefficient (Wildman–Crippen LogP) is -3.43. The third kappa shape index (κ3) is 190. The summed E-state index contributed by atoms with van der Waals surface area (Å²) < 4.78 is 0. The molecule has 0 atom stereocenters. The van der Waals surface area contributed by atoms with Crippen LogP contribution < -0.4 is 24.0 Å². The Hall–Kier alpha value is 0.357. The van der Waals surface area contributed by atoms with Crippen LogP contribution in [0.2, 0.25) is 0 Å². The van der Waals surface area contributed by atoms with Gasteiger partial charge in [-0.15, -0.1) is 0 Å². The smallest absolute Gasteiger partial charge is 0.534 e. The largest absolute Gasteiger partial charge is 1.00 e. The summed E-state index contributed by atoms with van der Waals surface area (Å²) in [5, 5.41) is 8.65. The summed E-state index contributed by atoms with van der Waals surface area (Å²) in [5.74, 6) is 0. The molecule has 0 aliphatic rings. The second-order valence-electron chi connectivity index (χ2n) is 0.238. The fourth-order valence-corrected chi connectivity index (χ4v) is 0. The van der Waals surface area contributed by atoms with Crippen molar-refractivity contribution in [1.82, 2.24) is 0 Å². The Morgan fingerprint density at radius 3 is 1.80 bits per heavy atom. The van der Waals surface area contributed by atoms with E-state index < -0.39 is 5.43 Å². The number of hydrogen-bond acceptors (Lipinski definition) is 2. The van der Waals surface area contributed by atoms with Gasteiger partial charge in [0.1, 0.15) is 5.43 Å². The average Bonchev–Trinajstić information content (AvgIpc) is 0.811. The SMILES string of the molecule is O=C([O-])Cl.[Li+]. The maximum absolute atomic E-state index is 8.65. The van der Waals surface area contributed by atoms with Gasteiger partial charge in [0.2, 0.25) is 0 Å². The van der Waals surface area contributed by atoms with Crippen LogP contribution >= 0.6 is 11.6 Å². The molecule has 0 aliphatic carbocycles. The first-order chi connectivity index (χ1) is 1.73. The van der Waals surface area contributed by atoms with E-state index in [0.717, 1.165) is 0 Å². The number of carboxylic acid groups (broad SMARTS) is 1. The van der Waals surface area contributed by atoms with Crippen LogP contribution in [0.4, 0.5) is 4.79 Å². The van der Waals surface area contributed by atoms with Gasteiger partial charge in [0.05, 0.1) is 0 Å². The summed E-state index contributed by atoms with van der Waals surface area (Å²) >= 11 is 4.08. The average molecular weight is 86.4 g/mol. The van der Waals surface area contributed by atoms with Crippen LogP contribution in [0.15, 0.2) is 0 Å². The van der Waals surface area contributed by atoms with Crippen molar-refractivity contribution in [1.29, 1.82) is 0 Å². The van der Waals surface area contributed by atoms with Crippen LogP contribution in [-0.2, 0) is 0 Å². The van der Waals surface area contributed by atoms with Crippen molar-refractivity contribution in [2.45, 2.75) is 0 Å². The molecule has 2 nitrogen and oxygen atoms in total. The van der Waals surface area contributed by atoms with Crippen molar-refractivity contribution >= 4 is 17.0 Å². The first-order valence-corrected chi connectivity index (χ1v) is 0.975. The Morgan fingerprint density at radius 2 is 1.80 bits per heavy atom. The number of carbonyl (C=O) groups excluding carboxylic acids is 1. The summed E-state index contributed by atoms with van der Waals surface area (Å²) in [7, 11) is 0. The van der Waals surface area contributed by atoms with Gasteiger partial charge in [-0.25, -0.2) is 0 Å². The van der Waals surface area contributed by atoms with Gasteiger partial charge in [0, 0.05) is 0 Å². The van der Waals surface area contributed by atoms with E-state index >= 15 is 0 Å². The van der Waals surface area contributed by atoms with E-state index in [4.69, 9.17) is 9.90 Å². The van der Waals surface area contributed by atoms with Gasteiger partial charge >= 0.3 is 18.9 Å². The van der Waals surface area contributed by atoms with E-state index in [1.807, 2.05) is 0 Å². The van der Waals surface area contributed by atoms with Crippen LogP contribution in [0.1, 0.15) is 0 Å². The molecule has 0 aromatic rings. The molecule has 0 aliphatic heterocycles. The third-order valence-electron chi connectivity index (χ3n) is 0. The Labute approximate surface area is 46.3 Å². The molecule has 0 saturated carbocycles. The van der Waals surface area contributed by atoms with Crippen LogP contribution in [0.25, 0.3) is 0 Å². The zero-order valence-electron chi connectivity index (χ0n) is 2.69. The van der Waals surface area contributed by atoms with Crippen LogP contribution in [0.3, 0.4) is 0 Å². The summed E-state index contributed by atoms with van der Waals surface area (Å²) in [6.45, 7) is 0. The molecule has 0 rings (SSSR count). The van der Waals surface area contributed by atoms with Crippen molar-refractivity contribution < 1.29 is 28.8 Å². The molecule has 0 heterocycles. The Morgan fingerprint density at radius 1 is 1.80 bits per heavy atom. The van der Waals surface area contributed by atoms with Crippen molar-refractivity contribution in [3.63, 3.8) is 0 Å². The molecule has 0 aromatic heterocycles. The van der Waals surface area contributed by atoms with Crippen molar-refractivity contribution in [3.05, 3.63) is 0 Å². The maximum atomic E-state index is 8.65. The number of hydrogen-bond donors (Lipinski definition) is 0. The number of carbonyl (C=O) groups is 1. The van der Waals surface area contributed by atoms with Gasteiger partial charge in [-0.3, -0.25) is 0 Å². The predicted molar refractivity (Wildman–Crippen MR) is 11.2 cm³/mol. The minimum absolute atomic E-state index is 0. The second-order valence-corrected chi connectivity index (χ2v) is 0.546. The first-order valence-electron chi connectivity index (χ1n) is 0.597. The topological polar surface area (TPSA) is 40.1 Å². The molecule has 0 spiro atoms. The number of halogens is 1. The van der Waals surface area contributed by atoms with Crippen LogP contribution in [0, 0.1) is 0 Å². The van der Waals surface area contributed by atoms with Crippen LogP contribution in [0.5, 0.6) is 0 Å². The van der Waals surface area contributed by atoms with Gasteiger partial charge in [-0.2, -0.15) is 0 Å². The maximum Gasteiger partial charge on any atom is 1.00 e. The minimum Gasteiger partial charge on any atom is -0.534 e. The van der Waals surface area contributed by atoms with Gasteiger partial charge in [0.25, 0.3) is 0 Å². The quantitative estimate of drug-likeness (QED) is 0.227. The minimum atomic E-state index is -1.61. The molecule has 5 heavy (non-hydrogen) atoms. The Kier molecular flexibility index (Phi) is 7.86. The van der Waals surface area contributed by atoms with Crippen molar-refractivity contribution in [3.8, 4) is 0 Å². The molecule has 4 heteroatoms. The summed E-state index contributed by atoms with van der Waals surface area (Å²) in [6.07, 6.45) is 0. The molecule has 0 fully saturated rings. The molecule has 0 N–H and O–H groups in total. The third-order valence-corrected chi connectivity index (χ3v) is 0. The van der Waals surface area contributed by atoms with E-state index in [1.165, 1.54) is 0 Å². The van der Waals surface area contributed by atoms with Crippen molar-refractivity contribution in [2.24, 2.45) is 0 Å². The Bertz CT molecular complexity index is 32.6. The first kappa shape index (κ1) is 9.02.